The zero-order valence-electron chi connectivity index (χ0n) is 9.01. The quantitative estimate of drug-likeness (QED) is 0.838. The zero-order chi connectivity index (χ0) is 11.6. The Hall–Kier alpha value is -0.800. The molecule has 1 aromatic rings. The van der Waals surface area contributed by atoms with E-state index in [9.17, 15) is 9.50 Å². The smallest absolute Gasteiger partial charge is 0.143 e. The molecule has 15 heavy (non-hydrogen) atoms. The van der Waals surface area contributed by atoms with Gasteiger partial charge in [-0.1, -0.05) is 11.6 Å². The summed E-state index contributed by atoms with van der Waals surface area (Å²) in [6.45, 7) is 5.21. The lowest BCUT2D eigenvalue weighted by Crippen LogP contribution is -2.39. The summed E-state index contributed by atoms with van der Waals surface area (Å²) in [5, 5.41) is 12.8. The first-order valence-electron chi connectivity index (χ1n) is 4.74. The SMILES string of the molecule is CC(Nc1ccc(Cl)c(F)c1)C(C)(C)O. The minimum atomic E-state index is -0.865. The average molecular weight is 232 g/mol. The first-order chi connectivity index (χ1) is 6.80. The van der Waals surface area contributed by atoms with Gasteiger partial charge >= 0.3 is 0 Å². The van der Waals surface area contributed by atoms with Gasteiger partial charge in [-0.25, -0.2) is 4.39 Å². The van der Waals surface area contributed by atoms with Gasteiger partial charge in [0.2, 0.25) is 0 Å². The van der Waals surface area contributed by atoms with E-state index < -0.39 is 11.4 Å². The van der Waals surface area contributed by atoms with Gasteiger partial charge in [-0.3, -0.25) is 0 Å². The first kappa shape index (κ1) is 12.3. The molecule has 1 aromatic carbocycles. The maximum absolute atomic E-state index is 13.1. The van der Waals surface area contributed by atoms with Crippen LogP contribution in [0.15, 0.2) is 18.2 Å². The summed E-state index contributed by atoms with van der Waals surface area (Å²) in [4.78, 5) is 0. The first-order valence-corrected chi connectivity index (χ1v) is 5.12. The lowest BCUT2D eigenvalue weighted by atomic mass is 10.0. The number of aliphatic hydroxyl groups is 1. The fraction of sp³-hybridized carbons (Fsp3) is 0.455. The van der Waals surface area contributed by atoms with Crippen molar-refractivity contribution in [3.8, 4) is 0 Å². The molecule has 1 atom stereocenters. The Bertz CT molecular complexity index is 349. The number of halogens is 2. The number of hydrogen-bond acceptors (Lipinski definition) is 2. The van der Waals surface area contributed by atoms with Gasteiger partial charge in [-0.2, -0.15) is 0 Å². The van der Waals surface area contributed by atoms with Crippen LogP contribution in [-0.4, -0.2) is 16.7 Å². The maximum atomic E-state index is 13.1. The fourth-order valence-corrected chi connectivity index (χ4v) is 1.13. The second-order valence-corrected chi connectivity index (χ2v) is 4.56. The molecule has 0 bridgehead atoms. The van der Waals surface area contributed by atoms with Crippen molar-refractivity contribution in [1.82, 2.24) is 0 Å². The highest BCUT2D eigenvalue weighted by molar-refractivity contribution is 6.30. The molecule has 4 heteroatoms. The minimum absolute atomic E-state index is 0.0939. The third-order valence-corrected chi connectivity index (χ3v) is 2.67. The maximum Gasteiger partial charge on any atom is 0.143 e. The second kappa shape index (κ2) is 4.37. The largest absolute Gasteiger partial charge is 0.388 e. The summed E-state index contributed by atoms with van der Waals surface area (Å²) < 4.78 is 13.1. The van der Waals surface area contributed by atoms with Gasteiger partial charge in [0.05, 0.1) is 16.7 Å². The second-order valence-electron chi connectivity index (χ2n) is 4.15. The Morgan fingerprint density at radius 1 is 1.47 bits per heavy atom. The molecule has 0 aromatic heterocycles. The summed E-state index contributed by atoms with van der Waals surface area (Å²) >= 11 is 5.55. The molecule has 0 saturated heterocycles. The normalized spacial score (nSPS) is 13.7. The molecule has 1 rings (SSSR count). The number of nitrogens with one attached hydrogen (secondary N) is 1. The number of anilines is 1. The highest BCUT2D eigenvalue weighted by Gasteiger charge is 2.21. The van der Waals surface area contributed by atoms with Gasteiger partial charge in [0.1, 0.15) is 5.82 Å². The van der Waals surface area contributed by atoms with Crippen LogP contribution in [-0.2, 0) is 0 Å². The van der Waals surface area contributed by atoms with Crippen LogP contribution >= 0.6 is 11.6 Å². The van der Waals surface area contributed by atoms with E-state index in [1.54, 1.807) is 19.9 Å². The third kappa shape index (κ3) is 3.36. The van der Waals surface area contributed by atoms with Crippen molar-refractivity contribution < 1.29 is 9.50 Å². The van der Waals surface area contributed by atoms with E-state index >= 15 is 0 Å². The molecule has 0 saturated carbocycles. The van der Waals surface area contributed by atoms with E-state index in [0.29, 0.717) is 5.69 Å². The van der Waals surface area contributed by atoms with Gasteiger partial charge < -0.3 is 10.4 Å². The Morgan fingerprint density at radius 3 is 2.53 bits per heavy atom. The van der Waals surface area contributed by atoms with Crippen LogP contribution in [0, 0.1) is 5.82 Å². The number of benzene rings is 1. The molecule has 0 amide bonds. The van der Waals surface area contributed by atoms with Crippen LogP contribution in [0.25, 0.3) is 0 Å². The summed E-state index contributed by atoms with van der Waals surface area (Å²) in [7, 11) is 0. The Morgan fingerprint density at radius 2 is 2.07 bits per heavy atom. The van der Waals surface area contributed by atoms with E-state index in [1.807, 2.05) is 6.92 Å². The standard InChI is InChI=1S/C11H15ClFNO/c1-7(11(2,3)15)14-8-4-5-9(12)10(13)6-8/h4-7,14-15H,1-3H3. The van der Waals surface area contributed by atoms with Crippen LogP contribution in [0.5, 0.6) is 0 Å². The van der Waals surface area contributed by atoms with Crippen LogP contribution in [0.1, 0.15) is 20.8 Å². The van der Waals surface area contributed by atoms with E-state index in [2.05, 4.69) is 5.32 Å². The predicted octanol–water partition coefficient (Wildman–Crippen LogP) is 3.05. The molecule has 0 spiro atoms. The monoisotopic (exact) mass is 231 g/mol. The highest BCUT2D eigenvalue weighted by Crippen LogP contribution is 2.21. The molecular formula is C11H15ClFNO. The molecule has 0 fully saturated rings. The van der Waals surface area contributed by atoms with Gasteiger partial charge in [-0.15, -0.1) is 0 Å². The van der Waals surface area contributed by atoms with Crippen LogP contribution in [0.2, 0.25) is 5.02 Å². The third-order valence-electron chi connectivity index (χ3n) is 2.36. The Balaban J connectivity index is 2.78. The Labute approximate surface area is 94.1 Å². The highest BCUT2D eigenvalue weighted by atomic mass is 35.5. The van der Waals surface area contributed by atoms with Crippen molar-refractivity contribution in [2.45, 2.75) is 32.4 Å². The summed E-state index contributed by atoms with van der Waals surface area (Å²) in [6.07, 6.45) is 0. The minimum Gasteiger partial charge on any atom is -0.388 e. The molecule has 84 valence electrons. The topological polar surface area (TPSA) is 32.3 Å². The number of hydrogen-bond donors (Lipinski definition) is 2. The Kier molecular flexibility index (Phi) is 3.58. The van der Waals surface area contributed by atoms with Gasteiger partial charge in [0, 0.05) is 5.69 Å². The van der Waals surface area contributed by atoms with Gasteiger partial charge in [-0.05, 0) is 39.0 Å². The van der Waals surface area contributed by atoms with E-state index in [-0.39, 0.29) is 11.1 Å². The molecular weight excluding hydrogens is 217 g/mol. The van der Waals surface area contributed by atoms with Crippen molar-refractivity contribution in [3.05, 3.63) is 29.0 Å². The van der Waals surface area contributed by atoms with Crippen molar-refractivity contribution >= 4 is 17.3 Å². The van der Waals surface area contributed by atoms with Gasteiger partial charge in [0.25, 0.3) is 0 Å². The summed E-state index contributed by atoms with van der Waals surface area (Å²) in [6, 6.07) is 4.28. The van der Waals surface area contributed by atoms with E-state index in [4.69, 9.17) is 11.6 Å². The number of rotatable bonds is 3. The van der Waals surface area contributed by atoms with Crippen LogP contribution < -0.4 is 5.32 Å². The molecule has 0 aliphatic heterocycles. The summed E-state index contributed by atoms with van der Waals surface area (Å²) in [5.74, 6) is -0.468. The van der Waals surface area contributed by atoms with Gasteiger partial charge in [0.15, 0.2) is 0 Å². The molecule has 0 heterocycles. The van der Waals surface area contributed by atoms with Crippen molar-refractivity contribution in [1.29, 1.82) is 0 Å². The molecule has 0 radical (unpaired) electrons. The van der Waals surface area contributed by atoms with E-state index in [0.717, 1.165) is 0 Å². The molecule has 1 unspecified atom stereocenters. The molecule has 0 aliphatic rings. The molecule has 2 nitrogen and oxygen atoms in total. The predicted molar refractivity (Wildman–Crippen MR) is 60.8 cm³/mol. The average Bonchev–Trinajstić information content (AvgIpc) is 2.10. The van der Waals surface area contributed by atoms with Crippen molar-refractivity contribution in [3.63, 3.8) is 0 Å². The molecule has 0 aliphatic carbocycles. The van der Waals surface area contributed by atoms with Crippen LogP contribution in [0.4, 0.5) is 10.1 Å². The molecule has 2 N–H and O–H groups in total. The van der Waals surface area contributed by atoms with Crippen molar-refractivity contribution in [2.24, 2.45) is 0 Å². The zero-order valence-corrected chi connectivity index (χ0v) is 9.77. The lowest BCUT2D eigenvalue weighted by molar-refractivity contribution is 0.0649. The summed E-state index contributed by atoms with van der Waals surface area (Å²) in [5.41, 5.74) is -0.262. The van der Waals surface area contributed by atoms with Crippen molar-refractivity contribution in [2.75, 3.05) is 5.32 Å². The fourth-order valence-electron chi connectivity index (χ4n) is 1.01. The van der Waals surface area contributed by atoms with Crippen LogP contribution in [0.3, 0.4) is 0 Å². The lowest BCUT2D eigenvalue weighted by Gasteiger charge is -2.27. The van der Waals surface area contributed by atoms with E-state index in [1.165, 1.54) is 12.1 Å².